The molecule has 122 valence electrons. The molecule has 1 aromatic heterocycles. The minimum Gasteiger partial charge on any atom is -0.349 e. The van der Waals surface area contributed by atoms with Crippen LogP contribution in [0.3, 0.4) is 0 Å². The van der Waals surface area contributed by atoms with E-state index in [4.69, 9.17) is 0 Å². The highest BCUT2D eigenvalue weighted by molar-refractivity contribution is 7.86. The number of fused-ring (bicyclic) bond motifs is 2. The van der Waals surface area contributed by atoms with E-state index >= 15 is 0 Å². The number of benzene rings is 1. The van der Waals surface area contributed by atoms with Crippen molar-refractivity contribution in [2.45, 2.75) is 32.5 Å². The first kappa shape index (κ1) is 14.9. The minimum atomic E-state index is -3.44. The van der Waals surface area contributed by atoms with Crippen LogP contribution in [0.1, 0.15) is 29.8 Å². The molecule has 0 spiro atoms. The van der Waals surface area contributed by atoms with Crippen molar-refractivity contribution < 1.29 is 8.42 Å². The van der Waals surface area contributed by atoms with Gasteiger partial charge in [-0.2, -0.15) is 17.0 Å². The first-order valence-electron chi connectivity index (χ1n) is 8.06. The molecule has 1 atom stereocenters. The molecule has 0 bridgehead atoms. The van der Waals surface area contributed by atoms with Crippen molar-refractivity contribution in [3.63, 3.8) is 0 Å². The largest absolute Gasteiger partial charge is 0.349 e. The Morgan fingerprint density at radius 3 is 2.61 bits per heavy atom. The van der Waals surface area contributed by atoms with Gasteiger partial charge in [0.1, 0.15) is 0 Å². The highest BCUT2D eigenvalue weighted by Gasteiger charge is 2.37. The maximum Gasteiger partial charge on any atom is 0.282 e. The van der Waals surface area contributed by atoms with Crippen LogP contribution in [0.15, 0.2) is 42.6 Å². The third kappa shape index (κ3) is 2.41. The summed E-state index contributed by atoms with van der Waals surface area (Å²) < 4.78 is 31.7. The normalized spacial score (nSPS) is 22.6. The van der Waals surface area contributed by atoms with Crippen LogP contribution in [-0.4, -0.2) is 34.7 Å². The van der Waals surface area contributed by atoms with E-state index in [1.807, 2.05) is 43.5 Å². The van der Waals surface area contributed by atoms with Gasteiger partial charge in [-0.25, -0.2) is 0 Å². The maximum absolute atomic E-state index is 13.1. The molecule has 0 fully saturated rings. The van der Waals surface area contributed by atoms with Crippen molar-refractivity contribution >= 4 is 10.2 Å². The standard InChI is InChI=1S/C17H21N3O2S/c1-14-17-7-4-9-18(17)11-12-20(14)23(21,22)19-10-8-15-5-2-3-6-16(15)13-19/h2-7,9,14H,8,10-13H2,1H3. The molecule has 0 saturated carbocycles. The van der Waals surface area contributed by atoms with Crippen LogP contribution in [0.5, 0.6) is 0 Å². The molecule has 2 aliphatic heterocycles. The van der Waals surface area contributed by atoms with Crippen molar-refractivity contribution in [2.24, 2.45) is 0 Å². The van der Waals surface area contributed by atoms with Gasteiger partial charge in [0.25, 0.3) is 10.2 Å². The van der Waals surface area contributed by atoms with Gasteiger partial charge in [-0.3, -0.25) is 0 Å². The lowest BCUT2D eigenvalue weighted by Gasteiger charge is -2.38. The van der Waals surface area contributed by atoms with E-state index in [-0.39, 0.29) is 6.04 Å². The molecular formula is C17H21N3O2S. The van der Waals surface area contributed by atoms with Crippen LogP contribution in [-0.2, 0) is 29.7 Å². The van der Waals surface area contributed by atoms with E-state index < -0.39 is 10.2 Å². The van der Waals surface area contributed by atoms with E-state index in [2.05, 4.69) is 10.6 Å². The molecular weight excluding hydrogens is 310 g/mol. The fourth-order valence-electron chi connectivity index (χ4n) is 3.69. The molecule has 4 rings (SSSR count). The highest BCUT2D eigenvalue weighted by Crippen LogP contribution is 2.31. The third-order valence-corrected chi connectivity index (χ3v) is 7.06. The Kier molecular flexibility index (Phi) is 3.55. The van der Waals surface area contributed by atoms with Crippen LogP contribution in [0.2, 0.25) is 0 Å². The summed E-state index contributed by atoms with van der Waals surface area (Å²) >= 11 is 0. The zero-order chi connectivity index (χ0) is 16.0. The lowest BCUT2D eigenvalue weighted by molar-refractivity contribution is 0.250. The maximum atomic E-state index is 13.1. The number of rotatable bonds is 2. The van der Waals surface area contributed by atoms with Gasteiger partial charge >= 0.3 is 0 Å². The smallest absolute Gasteiger partial charge is 0.282 e. The second kappa shape index (κ2) is 5.47. The summed E-state index contributed by atoms with van der Waals surface area (Å²) in [6.45, 7) is 4.26. The Hall–Kier alpha value is -1.63. The molecule has 6 heteroatoms. The van der Waals surface area contributed by atoms with Crippen LogP contribution in [0.4, 0.5) is 0 Å². The Bertz CT molecular complexity index is 828. The molecule has 0 N–H and O–H groups in total. The molecule has 0 saturated heterocycles. The lowest BCUT2D eigenvalue weighted by Crippen LogP contribution is -2.49. The topological polar surface area (TPSA) is 45.6 Å². The van der Waals surface area contributed by atoms with Crippen LogP contribution in [0.25, 0.3) is 0 Å². The van der Waals surface area contributed by atoms with Crippen LogP contribution < -0.4 is 0 Å². The molecule has 0 radical (unpaired) electrons. The fraction of sp³-hybridized carbons (Fsp3) is 0.412. The zero-order valence-corrected chi connectivity index (χ0v) is 14.0. The lowest BCUT2D eigenvalue weighted by atomic mass is 10.0. The zero-order valence-electron chi connectivity index (χ0n) is 13.2. The molecule has 1 aromatic carbocycles. The number of hydrogen-bond donors (Lipinski definition) is 0. The monoisotopic (exact) mass is 331 g/mol. The summed E-state index contributed by atoms with van der Waals surface area (Å²) in [7, 11) is -3.44. The molecule has 1 unspecified atom stereocenters. The summed E-state index contributed by atoms with van der Waals surface area (Å²) in [6, 6.07) is 12.0. The number of hydrogen-bond acceptors (Lipinski definition) is 2. The number of aromatic nitrogens is 1. The summed E-state index contributed by atoms with van der Waals surface area (Å²) in [5.74, 6) is 0. The minimum absolute atomic E-state index is 0.124. The van der Waals surface area contributed by atoms with E-state index in [1.54, 1.807) is 8.61 Å². The van der Waals surface area contributed by atoms with Crippen molar-refractivity contribution in [2.75, 3.05) is 13.1 Å². The summed E-state index contributed by atoms with van der Waals surface area (Å²) in [5.41, 5.74) is 3.45. The summed E-state index contributed by atoms with van der Waals surface area (Å²) in [5, 5.41) is 0. The van der Waals surface area contributed by atoms with Gasteiger partial charge in [0.05, 0.1) is 6.04 Å². The Morgan fingerprint density at radius 1 is 1.00 bits per heavy atom. The molecule has 2 aromatic rings. The predicted molar refractivity (Wildman–Crippen MR) is 89.0 cm³/mol. The molecule has 2 aliphatic rings. The van der Waals surface area contributed by atoms with Crippen molar-refractivity contribution in [3.05, 3.63) is 59.4 Å². The fourth-order valence-corrected chi connectivity index (χ4v) is 5.43. The van der Waals surface area contributed by atoms with E-state index in [0.29, 0.717) is 19.6 Å². The molecule has 0 aliphatic carbocycles. The van der Waals surface area contributed by atoms with E-state index in [1.165, 1.54) is 5.56 Å². The first-order valence-corrected chi connectivity index (χ1v) is 9.46. The van der Waals surface area contributed by atoms with Gasteiger partial charge in [-0.15, -0.1) is 0 Å². The van der Waals surface area contributed by atoms with Crippen molar-refractivity contribution in [1.82, 2.24) is 13.2 Å². The van der Waals surface area contributed by atoms with Gasteiger partial charge < -0.3 is 4.57 Å². The van der Waals surface area contributed by atoms with Gasteiger partial charge in [-0.05, 0) is 36.6 Å². The van der Waals surface area contributed by atoms with Gasteiger partial charge in [0.15, 0.2) is 0 Å². The first-order chi connectivity index (χ1) is 11.1. The second-order valence-electron chi connectivity index (χ2n) is 6.27. The quantitative estimate of drug-likeness (QED) is 0.847. The van der Waals surface area contributed by atoms with Crippen molar-refractivity contribution in [1.29, 1.82) is 0 Å². The van der Waals surface area contributed by atoms with E-state index in [9.17, 15) is 8.42 Å². The number of nitrogens with zero attached hydrogens (tertiary/aromatic N) is 3. The highest BCUT2D eigenvalue weighted by atomic mass is 32.2. The summed E-state index contributed by atoms with van der Waals surface area (Å²) in [6.07, 6.45) is 2.81. The van der Waals surface area contributed by atoms with E-state index in [0.717, 1.165) is 24.2 Å². The Balaban J connectivity index is 1.62. The third-order valence-electron chi connectivity index (χ3n) is 5.00. The Morgan fingerprint density at radius 2 is 1.78 bits per heavy atom. The molecule has 3 heterocycles. The predicted octanol–water partition coefficient (Wildman–Crippen LogP) is 2.17. The average molecular weight is 331 g/mol. The summed E-state index contributed by atoms with van der Waals surface area (Å²) in [4.78, 5) is 0. The van der Waals surface area contributed by atoms with Gasteiger partial charge in [-0.1, -0.05) is 24.3 Å². The van der Waals surface area contributed by atoms with Gasteiger partial charge in [0, 0.05) is 38.1 Å². The van der Waals surface area contributed by atoms with Crippen molar-refractivity contribution in [3.8, 4) is 0 Å². The van der Waals surface area contributed by atoms with Crippen LogP contribution in [0, 0.1) is 0 Å². The average Bonchev–Trinajstić information content (AvgIpc) is 3.04. The molecule has 23 heavy (non-hydrogen) atoms. The Labute approximate surface area is 137 Å². The second-order valence-corrected chi connectivity index (χ2v) is 8.15. The van der Waals surface area contributed by atoms with Crippen LogP contribution >= 0.6 is 0 Å². The molecule has 0 amide bonds. The van der Waals surface area contributed by atoms with Gasteiger partial charge in [0.2, 0.25) is 0 Å². The SMILES string of the molecule is CC1c2cccn2CCN1S(=O)(=O)N1CCc2ccccc2C1. The molecule has 5 nitrogen and oxygen atoms in total.